The Labute approximate surface area is 206 Å². The topological polar surface area (TPSA) is 94.8 Å². The van der Waals surface area contributed by atoms with Gasteiger partial charge in [-0.1, -0.05) is 29.8 Å². The first-order chi connectivity index (χ1) is 16.9. The molecule has 9 heteroatoms. The normalized spacial score (nSPS) is 11.2. The second kappa shape index (κ2) is 10.5. The van der Waals surface area contributed by atoms with Gasteiger partial charge in [-0.15, -0.1) is 11.3 Å². The molecule has 0 aliphatic rings. The number of rotatable bonds is 8. The zero-order chi connectivity index (χ0) is 24.9. The maximum atomic E-state index is 12.7. The van der Waals surface area contributed by atoms with Crippen LogP contribution in [0.3, 0.4) is 0 Å². The molecule has 4 rings (SSSR count). The molecule has 0 unspecified atom stereocenters. The van der Waals surface area contributed by atoms with E-state index in [0.29, 0.717) is 28.3 Å². The van der Waals surface area contributed by atoms with Crippen LogP contribution in [0.15, 0.2) is 58.7 Å². The molecule has 0 atom stereocenters. The van der Waals surface area contributed by atoms with E-state index in [-0.39, 0.29) is 12.1 Å². The Bertz CT molecular complexity index is 1450. The van der Waals surface area contributed by atoms with Crippen LogP contribution in [0, 0.1) is 20.8 Å². The van der Waals surface area contributed by atoms with Crippen LogP contribution in [0.25, 0.3) is 10.2 Å². The van der Waals surface area contributed by atoms with E-state index in [1.807, 2.05) is 51.1 Å². The molecule has 0 radical (unpaired) electrons. The van der Waals surface area contributed by atoms with Crippen molar-refractivity contribution in [3.05, 3.63) is 86.3 Å². The number of nitrogens with one attached hydrogen (secondary N) is 1. The summed E-state index contributed by atoms with van der Waals surface area (Å²) in [4.78, 5) is 31.1. The molecular weight excluding hydrogens is 464 g/mol. The Morgan fingerprint density at radius 3 is 2.66 bits per heavy atom. The summed E-state index contributed by atoms with van der Waals surface area (Å²) >= 11 is 1.47. The van der Waals surface area contributed by atoms with Crippen LogP contribution in [0.4, 0.5) is 0 Å². The number of aryl methyl sites for hydroxylation is 3. The number of nitrogens with zero attached hydrogens (tertiary/aromatic N) is 3. The Morgan fingerprint density at radius 2 is 1.91 bits per heavy atom. The molecule has 2 heterocycles. The van der Waals surface area contributed by atoms with E-state index >= 15 is 0 Å². The highest BCUT2D eigenvalue weighted by atomic mass is 32.1. The van der Waals surface area contributed by atoms with Crippen LogP contribution in [0.2, 0.25) is 0 Å². The van der Waals surface area contributed by atoms with Crippen molar-refractivity contribution >= 4 is 33.7 Å². The molecule has 1 N–H and O–H groups in total. The van der Waals surface area contributed by atoms with Crippen LogP contribution in [-0.2, 0) is 17.9 Å². The Hall–Kier alpha value is -3.98. The predicted octanol–water partition coefficient (Wildman–Crippen LogP) is 4.12. The van der Waals surface area contributed by atoms with Crippen molar-refractivity contribution in [1.82, 2.24) is 15.0 Å². The van der Waals surface area contributed by atoms with Crippen molar-refractivity contribution in [1.29, 1.82) is 0 Å². The summed E-state index contributed by atoms with van der Waals surface area (Å²) in [7, 11) is 1.57. The molecule has 4 aromatic rings. The third kappa shape index (κ3) is 5.58. The van der Waals surface area contributed by atoms with Crippen molar-refractivity contribution in [2.45, 2.75) is 33.9 Å². The lowest BCUT2D eigenvalue weighted by Crippen LogP contribution is -2.30. The molecule has 0 saturated carbocycles. The maximum absolute atomic E-state index is 12.7. The van der Waals surface area contributed by atoms with Gasteiger partial charge in [-0.3, -0.25) is 14.2 Å². The van der Waals surface area contributed by atoms with E-state index < -0.39 is 5.91 Å². The third-order valence-corrected chi connectivity index (χ3v) is 6.69. The minimum absolute atomic E-state index is 0.178. The van der Waals surface area contributed by atoms with E-state index in [1.165, 1.54) is 34.0 Å². The standard InChI is InChI=1S/C26H26N4O4S/c1-16-5-7-19(8-6-16)14-34-21-10-9-20(11-22(21)33-4)12-28-29-23(31)13-30-15-27-25-24(26(30)32)17(2)18(3)35-25/h5-12,15H,13-14H2,1-4H3,(H,29,31)/b28-12+. The molecule has 0 spiro atoms. The molecule has 8 nitrogen and oxygen atoms in total. The number of hydrogen-bond donors (Lipinski definition) is 1. The number of aromatic nitrogens is 2. The van der Waals surface area contributed by atoms with E-state index in [4.69, 9.17) is 9.47 Å². The summed E-state index contributed by atoms with van der Waals surface area (Å²) in [6, 6.07) is 13.5. The van der Waals surface area contributed by atoms with Gasteiger partial charge in [0.15, 0.2) is 11.5 Å². The highest BCUT2D eigenvalue weighted by Crippen LogP contribution is 2.28. The van der Waals surface area contributed by atoms with Gasteiger partial charge in [0, 0.05) is 4.88 Å². The minimum Gasteiger partial charge on any atom is -0.493 e. The summed E-state index contributed by atoms with van der Waals surface area (Å²) in [5, 5.41) is 4.56. The molecule has 0 bridgehead atoms. The number of hydrogen-bond acceptors (Lipinski definition) is 7. The number of methoxy groups -OCH3 is 1. The van der Waals surface area contributed by atoms with Crippen LogP contribution in [0.1, 0.15) is 27.1 Å². The molecule has 2 aromatic heterocycles. The minimum atomic E-state index is -0.431. The largest absolute Gasteiger partial charge is 0.493 e. The molecule has 180 valence electrons. The van der Waals surface area contributed by atoms with Crippen molar-refractivity contribution < 1.29 is 14.3 Å². The van der Waals surface area contributed by atoms with Gasteiger partial charge in [0.05, 0.1) is 25.0 Å². The third-order valence-electron chi connectivity index (χ3n) is 5.58. The molecule has 0 aliphatic heterocycles. The van der Waals surface area contributed by atoms with Gasteiger partial charge < -0.3 is 9.47 Å². The number of carbonyl (C=O) groups excluding carboxylic acids is 1. The number of carbonyl (C=O) groups is 1. The molecule has 0 aliphatic carbocycles. The number of thiophene rings is 1. The van der Waals surface area contributed by atoms with Gasteiger partial charge in [-0.2, -0.15) is 5.10 Å². The molecule has 0 saturated heterocycles. The summed E-state index contributed by atoms with van der Waals surface area (Å²) in [5.41, 5.74) is 6.09. The number of amides is 1. The highest BCUT2D eigenvalue weighted by molar-refractivity contribution is 7.18. The lowest BCUT2D eigenvalue weighted by atomic mass is 10.2. The summed E-state index contributed by atoms with van der Waals surface area (Å²) in [6.45, 7) is 6.12. The second-order valence-electron chi connectivity index (χ2n) is 8.12. The zero-order valence-electron chi connectivity index (χ0n) is 20.0. The molecule has 0 fully saturated rings. The lowest BCUT2D eigenvalue weighted by molar-refractivity contribution is -0.121. The molecular formula is C26H26N4O4S. The van der Waals surface area contributed by atoms with Crippen molar-refractivity contribution in [2.24, 2.45) is 5.10 Å². The van der Waals surface area contributed by atoms with Gasteiger partial charge in [0.1, 0.15) is 18.0 Å². The number of benzene rings is 2. The van der Waals surface area contributed by atoms with Crippen LogP contribution in [-0.4, -0.2) is 28.8 Å². The number of fused-ring (bicyclic) bond motifs is 1. The van der Waals surface area contributed by atoms with E-state index in [9.17, 15) is 9.59 Å². The SMILES string of the molecule is COc1cc(/C=N/NC(=O)Cn2cnc3sc(C)c(C)c3c2=O)ccc1OCc1ccc(C)cc1. The lowest BCUT2D eigenvalue weighted by Gasteiger charge is -2.11. The van der Waals surface area contributed by atoms with Crippen molar-refractivity contribution in [3.8, 4) is 11.5 Å². The maximum Gasteiger partial charge on any atom is 0.262 e. The molecule has 1 amide bonds. The van der Waals surface area contributed by atoms with Gasteiger partial charge >= 0.3 is 0 Å². The average molecular weight is 491 g/mol. The Kier molecular flexibility index (Phi) is 7.26. The van der Waals surface area contributed by atoms with E-state index in [1.54, 1.807) is 19.2 Å². The summed E-state index contributed by atoms with van der Waals surface area (Å²) in [6.07, 6.45) is 2.89. The van der Waals surface area contributed by atoms with Crippen LogP contribution >= 0.6 is 11.3 Å². The fourth-order valence-electron chi connectivity index (χ4n) is 3.48. The van der Waals surface area contributed by atoms with Crippen LogP contribution < -0.4 is 20.5 Å². The molecule has 35 heavy (non-hydrogen) atoms. The predicted molar refractivity (Wildman–Crippen MR) is 138 cm³/mol. The van der Waals surface area contributed by atoms with Crippen molar-refractivity contribution in [3.63, 3.8) is 0 Å². The number of ether oxygens (including phenoxy) is 2. The smallest absolute Gasteiger partial charge is 0.262 e. The summed E-state index contributed by atoms with van der Waals surface area (Å²) in [5.74, 6) is 0.731. The Morgan fingerprint density at radius 1 is 1.14 bits per heavy atom. The monoisotopic (exact) mass is 490 g/mol. The first kappa shape index (κ1) is 24.2. The average Bonchev–Trinajstić information content (AvgIpc) is 3.14. The fraction of sp³-hybridized carbons (Fsp3) is 0.231. The quantitative estimate of drug-likeness (QED) is 0.296. The first-order valence-corrected chi connectivity index (χ1v) is 11.8. The first-order valence-electron chi connectivity index (χ1n) is 11.0. The van der Waals surface area contributed by atoms with Gasteiger partial charge in [0.2, 0.25) is 0 Å². The van der Waals surface area contributed by atoms with Gasteiger partial charge in [-0.05, 0) is 55.7 Å². The fourth-order valence-corrected chi connectivity index (χ4v) is 4.47. The molecule has 2 aromatic carbocycles. The van der Waals surface area contributed by atoms with Crippen LogP contribution in [0.5, 0.6) is 11.5 Å². The van der Waals surface area contributed by atoms with Gasteiger partial charge in [-0.25, -0.2) is 10.4 Å². The number of hydrazone groups is 1. The summed E-state index contributed by atoms with van der Waals surface area (Å²) < 4.78 is 12.6. The van der Waals surface area contributed by atoms with Crippen molar-refractivity contribution in [2.75, 3.05) is 7.11 Å². The Balaban J connectivity index is 1.38. The highest BCUT2D eigenvalue weighted by Gasteiger charge is 2.13. The zero-order valence-corrected chi connectivity index (χ0v) is 20.8. The van der Waals surface area contributed by atoms with Gasteiger partial charge in [0.25, 0.3) is 11.5 Å². The van der Waals surface area contributed by atoms with E-state index in [2.05, 4.69) is 15.5 Å². The van der Waals surface area contributed by atoms with E-state index in [0.717, 1.165) is 21.6 Å². The second-order valence-corrected chi connectivity index (χ2v) is 9.32.